The standard InChI is InChI=1S/C13H25NO4S2/c1-10(2)13(15)18-9-19-14(4)20(16,17)12-7-5-6-11(3)8-12/h10-12H,5-9H2,1-4H3/t11?,12-/m1/s1. The highest BCUT2D eigenvalue weighted by atomic mass is 32.3. The second-order valence-electron chi connectivity index (χ2n) is 5.71. The van der Waals surface area contributed by atoms with Crippen LogP contribution in [0.2, 0.25) is 0 Å². The third kappa shape index (κ3) is 4.93. The van der Waals surface area contributed by atoms with E-state index in [1.165, 1.54) is 10.8 Å². The zero-order chi connectivity index (χ0) is 15.3. The Labute approximate surface area is 126 Å². The molecule has 2 atom stereocenters. The van der Waals surface area contributed by atoms with E-state index in [4.69, 9.17) is 4.74 Å². The van der Waals surface area contributed by atoms with E-state index in [0.29, 0.717) is 5.92 Å². The number of sulfonamides is 1. The van der Waals surface area contributed by atoms with Crippen LogP contribution in [0.25, 0.3) is 0 Å². The number of hydrogen-bond donors (Lipinski definition) is 0. The lowest BCUT2D eigenvalue weighted by molar-refractivity contribution is -0.145. The van der Waals surface area contributed by atoms with E-state index in [2.05, 4.69) is 6.92 Å². The van der Waals surface area contributed by atoms with Crippen molar-refractivity contribution in [3.63, 3.8) is 0 Å². The highest BCUT2D eigenvalue weighted by Crippen LogP contribution is 2.31. The molecule has 0 aromatic rings. The summed E-state index contributed by atoms with van der Waals surface area (Å²) in [5.74, 6) is -0.0124. The SMILES string of the molecule is CC1CCC[C@@H](S(=O)(=O)N(C)SCOC(=O)C(C)C)C1. The summed E-state index contributed by atoms with van der Waals surface area (Å²) in [4.78, 5) is 11.3. The molecule has 5 nitrogen and oxygen atoms in total. The maximum Gasteiger partial charge on any atom is 0.309 e. The van der Waals surface area contributed by atoms with Crippen molar-refractivity contribution < 1.29 is 17.9 Å². The van der Waals surface area contributed by atoms with Gasteiger partial charge in [-0.05, 0) is 30.7 Å². The Morgan fingerprint density at radius 1 is 1.40 bits per heavy atom. The van der Waals surface area contributed by atoms with Gasteiger partial charge in [-0.2, -0.15) is 0 Å². The molecule has 0 aromatic heterocycles. The topological polar surface area (TPSA) is 63.7 Å². The number of hydrogen-bond acceptors (Lipinski definition) is 5. The summed E-state index contributed by atoms with van der Waals surface area (Å²) in [7, 11) is -1.78. The Kier molecular flexibility index (Phi) is 6.81. The lowest BCUT2D eigenvalue weighted by atomic mass is 9.91. The molecule has 0 bridgehead atoms. The molecule has 0 aliphatic heterocycles. The Hall–Kier alpha value is -0.270. The van der Waals surface area contributed by atoms with Gasteiger partial charge >= 0.3 is 5.97 Å². The monoisotopic (exact) mass is 323 g/mol. The second-order valence-corrected chi connectivity index (χ2v) is 9.23. The van der Waals surface area contributed by atoms with Crippen molar-refractivity contribution in [1.82, 2.24) is 3.71 Å². The summed E-state index contributed by atoms with van der Waals surface area (Å²) < 4.78 is 31.1. The molecule has 1 fully saturated rings. The molecule has 0 spiro atoms. The first-order valence-electron chi connectivity index (χ1n) is 7.02. The molecule has 0 aromatic carbocycles. The Bertz CT molecular complexity index is 422. The van der Waals surface area contributed by atoms with Crippen molar-refractivity contribution in [3.05, 3.63) is 0 Å². The Morgan fingerprint density at radius 2 is 2.05 bits per heavy atom. The first-order chi connectivity index (χ1) is 9.25. The third-order valence-corrected chi connectivity index (χ3v) is 7.09. The van der Waals surface area contributed by atoms with Crippen LogP contribution in [-0.2, 0) is 19.6 Å². The smallest absolute Gasteiger partial charge is 0.309 e. The summed E-state index contributed by atoms with van der Waals surface area (Å²) in [6.07, 6.45) is 3.52. The first kappa shape index (κ1) is 17.8. The molecule has 0 radical (unpaired) electrons. The van der Waals surface area contributed by atoms with Crippen LogP contribution in [0.1, 0.15) is 46.5 Å². The molecular weight excluding hydrogens is 298 g/mol. The first-order valence-corrected chi connectivity index (χ1v) is 9.47. The minimum absolute atomic E-state index is 0.0367. The maximum absolute atomic E-state index is 12.4. The van der Waals surface area contributed by atoms with E-state index in [-0.39, 0.29) is 23.1 Å². The predicted octanol–water partition coefficient (Wildman–Crippen LogP) is 2.63. The summed E-state index contributed by atoms with van der Waals surface area (Å²) in [5, 5.41) is -0.301. The minimum Gasteiger partial charge on any atom is -0.453 e. The fourth-order valence-corrected chi connectivity index (χ4v) is 5.11. The number of esters is 1. The molecule has 1 rings (SSSR count). The Morgan fingerprint density at radius 3 is 2.60 bits per heavy atom. The van der Waals surface area contributed by atoms with Crippen LogP contribution >= 0.6 is 11.9 Å². The number of rotatable bonds is 6. The fourth-order valence-electron chi connectivity index (χ4n) is 2.26. The van der Waals surface area contributed by atoms with E-state index >= 15 is 0 Å². The molecule has 1 unspecified atom stereocenters. The lowest BCUT2D eigenvalue weighted by Gasteiger charge is -2.29. The molecule has 1 aliphatic carbocycles. The van der Waals surface area contributed by atoms with Gasteiger partial charge in [0.15, 0.2) is 5.94 Å². The van der Waals surface area contributed by atoms with Gasteiger partial charge in [0.1, 0.15) is 0 Å². The summed E-state index contributed by atoms with van der Waals surface area (Å²) in [5.41, 5.74) is 0. The Balaban J connectivity index is 2.48. The van der Waals surface area contributed by atoms with Crippen molar-refractivity contribution >= 4 is 27.9 Å². The van der Waals surface area contributed by atoms with Gasteiger partial charge in [-0.1, -0.05) is 33.6 Å². The fraction of sp³-hybridized carbons (Fsp3) is 0.923. The maximum atomic E-state index is 12.4. The van der Waals surface area contributed by atoms with Crippen LogP contribution in [0.3, 0.4) is 0 Å². The molecular formula is C13H25NO4S2. The van der Waals surface area contributed by atoms with Crippen LogP contribution in [0.15, 0.2) is 0 Å². The average Bonchev–Trinajstić information content (AvgIpc) is 2.38. The number of carbonyl (C=O) groups excluding carboxylic acids is 1. The van der Waals surface area contributed by atoms with Crippen molar-refractivity contribution in [2.75, 3.05) is 13.0 Å². The van der Waals surface area contributed by atoms with Crippen LogP contribution in [0.4, 0.5) is 0 Å². The molecule has 20 heavy (non-hydrogen) atoms. The molecule has 1 saturated carbocycles. The zero-order valence-electron chi connectivity index (χ0n) is 12.7. The van der Waals surface area contributed by atoms with Crippen molar-refractivity contribution in [1.29, 1.82) is 0 Å². The van der Waals surface area contributed by atoms with E-state index in [9.17, 15) is 13.2 Å². The van der Waals surface area contributed by atoms with Gasteiger partial charge in [0, 0.05) is 7.05 Å². The van der Waals surface area contributed by atoms with Crippen LogP contribution < -0.4 is 0 Å². The highest BCUT2D eigenvalue weighted by molar-refractivity contribution is 8.08. The largest absolute Gasteiger partial charge is 0.453 e. The highest BCUT2D eigenvalue weighted by Gasteiger charge is 2.33. The predicted molar refractivity (Wildman–Crippen MR) is 81.5 cm³/mol. The lowest BCUT2D eigenvalue weighted by Crippen LogP contribution is -2.35. The molecule has 1 aliphatic rings. The van der Waals surface area contributed by atoms with Gasteiger partial charge in [0.25, 0.3) is 0 Å². The van der Waals surface area contributed by atoms with E-state index in [1.54, 1.807) is 13.8 Å². The second kappa shape index (κ2) is 7.66. The molecule has 7 heteroatoms. The minimum atomic E-state index is -3.31. The van der Waals surface area contributed by atoms with Gasteiger partial charge < -0.3 is 4.74 Å². The number of ether oxygens (including phenoxy) is 1. The zero-order valence-corrected chi connectivity index (χ0v) is 14.3. The van der Waals surface area contributed by atoms with E-state index in [0.717, 1.165) is 37.6 Å². The van der Waals surface area contributed by atoms with Crippen molar-refractivity contribution in [2.45, 2.75) is 51.7 Å². The number of carbonyl (C=O) groups is 1. The molecule has 0 heterocycles. The van der Waals surface area contributed by atoms with Crippen molar-refractivity contribution in [2.24, 2.45) is 11.8 Å². The quantitative estimate of drug-likeness (QED) is 0.427. The van der Waals surface area contributed by atoms with Crippen molar-refractivity contribution in [3.8, 4) is 0 Å². The normalized spacial score (nSPS) is 24.1. The summed E-state index contributed by atoms with van der Waals surface area (Å²) in [6.45, 7) is 5.59. The summed E-state index contributed by atoms with van der Waals surface area (Å²) in [6, 6.07) is 0. The van der Waals surface area contributed by atoms with E-state index < -0.39 is 10.0 Å². The van der Waals surface area contributed by atoms with E-state index in [1.807, 2.05) is 0 Å². The third-order valence-electron chi connectivity index (χ3n) is 3.57. The summed E-state index contributed by atoms with van der Waals surface area (Å²) >= 11 is 1.03. The van der Waals surface area contributed by atoms with Gasteiger partial charge in [-0.3, -0.25) is 4.79 Å². The number of nitrogens with zero attached hydrogens (tertiary/aromatic N) is 1. The van der Waals surface area contributed by atoms with Gasteiger partial charge in [0.05, 0.1) is 11.2 Å². The van der Waals surface area contributed by atoms with Crippen LogP contribution in [0, 0.1) is 11.8 Å². The molecule has 118 valence electrons. The van der Waals surface area contributed by atoms with Crippen LogP contribution in [-0.4, -0.2) is 36.3 Å². The van der Waals surface area contributed by atoms with Gasteiger partial charge in [-0.15, -0.1) is 3.71 Å². The molecule has 0 amide bonds. The van der Waals surface area contributed by atoms with Gasteiger partial charge in [-0.25, -0.2) is 8.42 Å². The molecule has 0 saturated heterocycles. The van der Waals surface area contributed by atoms with Crippen LogP contribution in [0.5, 0.6) is 0 Å². The molecule has 0 N–H and O–H groups in total. The average molecular weight is 323 g/mol. The van der Waals surface area contributed by atoms with Gasteiger partial charge in [0.2, 0.25) is 10.0 Å².